The molecule has 0 saturated heterocycles. The normalized spacial score (nSPS) is 12.3. The van der Waals surface area contributed by atoms with Gasteiger partial charge < -0.3 is 14.8 Å². The number of halogens is 6. The highest BCUT2D eigenvalue weighted by molar-refractivity contribution is 5.31. The monoisotopic (exact) mass is 303 g/mol. The Bertz CT molecular complexity index is 401. The van der Waals surface area contributed by atoms with Crippen molar-refractivity contribution in [3.63, 3.8) is 0 Å². The van der Waals surface area contributed by atoms with Crippen molar-refractivity contribution >= 4 is 0 Å². The third kappa shape index (κ3) is 7.72. The van der Waals surface area contributed by atoms with Crippen LogP contribution in [0, 0.1) is 0 Å². The fraction of sp³-hybridized carbons (Fsp3) is 0.455. The maximum Gasteiger partial charge on any atom is 0.573 e. The van der Waals surface area contributed by atoms with Crippen molar-refractivity contribution in [3.8, 4) is 11.5 Å². The second kappa shape index (κ2) is 6.69. The van der Waals surface area contributed by atoms with Crippen LogP contribution in [0.5, 0.6) is 11.5 Å². The summed E-state index contributed by atoms with van der Waals surface area (Å²) in [5, 5.41) is 2.11. The quantitative estimate of drug-likeness (QED) is 0.647. The summed E-state index contributed by atoms with van der Waals surface area (Å²) in [6.45, 7) is -1.22. The molecule has 0 amide bonds. The zero-order valence-corrected chi connectivity index (χ0v) is 10.0. The van der Waals surface area contributed by atoms with Gasteiger partial charge in [0.25, 0.3) is 0 Å². The highest BCUT2D eigenvalue weighted by atomic mass is 19.4. The van der Waals surface area contributed by atoms with Gasteiger partial charge in [-0.15, -0.1) is 13.2 Å². The van der Waals surface area contributed by atoms with Crippen LogP contribution in [-0.2, 0) is 0 Å². The van der Waals surface area contributed by atoms with Crippen molar-refractivity contribution in [2.45, 2.75) is 12.5 Å². The van der Waals surface area contributed by atoms with Gasteiger partial charge in [0.05, 0.1) is 6.54 Å². The molecular weight excluding hydrogens is 292 g/mol. The van der Waals surface area contributed by atoms with E-state index in [1.807, 2.05) is 0 Å². The van der Waals surface area contributed by atoms with E-state index in [4.69, 9.17) is 4.74 Å². The fourth-order valence-electron chi connectivity index (χ4n) is 1.21. The number of alkyl halides is 6. The number of nitrogens with one attached hydrogen (secondary N) is 1. The first-order chi connectivity index (χ1) is 9.16. The molecule has 1 aromatic carbocycles. The smallest absolute Gasteiger partial charge is 0.492 e. The number of hydrogen-bond acceptors (Lipinski definition) is 3. The SMILES string of the molecule is FC(F)(F)CNCCOc1ccc(OC(F)(F)F)cc1. The summed E-state index contributed by atoms with van der Waals surface area (Å²) < 4.78 is 79.6. The van der Waals surface area contributed by atoms with Crippen molar-refractivity contribution in [1.29, 1.82) is 0 Å². The standard InChI is InChI=1S/C11H11F6NO2/c12-10(13,14)7-18-5-6-19-8-1-3-9(4-2-8)20-11(15,16)17/h1-4,18H,5-7H2. The molecule has 3 nitrogen and oxygen atoms in total. The Morgan fingerprint density at radius 1 is 0.900 bits per heavy atom. The second-order valence-electron chi connectivity index (χ2n) is 3.66. The first-order valence-corrected chi connectivity index (χ1v) is 5.42. The van der Waals surface area contributed by atoms with Gasteiger partial charge in [-0.25, -0.2) is 0 Å². The van der Waals surface area contributed by atoms with Crippen LogP contribution in [0.25, 0.3) is 0 Å². The lowest BCUT2D eigenvalue weighted by atomic mass is 10.3. The van der Waals surface area contributed by atoms with E-state index in [9.17, 15) is 26.3 Å². The number of rotatable bonds is 6. The van der Waals surface area contributed by atoms with Crippen molar-refractivity contribution in [2.75, 3.05) is 19.7 Å². The van der Waals surface area contributed by atoms with Gasteiger partial charge in [-0.05, 0) is 24.3 Å². The molecule has 114 valence electrons. The lowest BCUT2D eigenvalue weighted by molar-refractivity contribution is -0.274. The highest BCUT2D eigenvalue weighted by Gasteiger charge is 2.31. The van der Waals surface area contributed by atoms with Crippen LogP contribution in [-0.4, -0.2) is 32.2 Å². The molecule has 0 spiro atoms. The highest BCUT2D eigenvalue weighted by Crippen LogP contribution is 2.24. The summed E-state index contributed by atoms with van der Waals surface area (Å²) >= 11 is 0. The zero-order chi connectivity index (χ0) is 15.2. The molecule has 0 heterocycles. The Morgan fingerprint density at radius 2 is 1.45 bits per heavy atom. The minimum absolute atomic E-state index is 0.0414. The van der Waals surface area contributed by atoms with Crippen LogP contribution in [0.2, 0.25) is 0 Å². The number of benzene rings is 1. The summed E-state index contributed by atoms with van der Waals surface area (Å²) in [5.74, 6) is -0.173. The van der Waals surface area contributed by atoms with Crippen LogP contribution in [0.4, 0.5) is 26.3 Å². The topological polar surface area (TPSA) is 30.5 Å². The lowest BCUT2D eigenvalue weighted by Crippen LogP contribution is -2.31. The Morgan fingerprint density at radius 3 is 1.95 bits per heavy atom. The fourth-order valence-corrected chi connectivity index (χ4v) is 1.21. The molecule has 0 atom stereocenters. The van der Waals surface area contributed by atoms with E-state index in [0.29, 0.717) is 0 Å². The minimum Gasteiger partial charge on any atom is -0.492 e. The van der Waals surface area contributed by atoms with E-state index in [-0.39, 0.29) is 18.9 Å². The molecule has 0 unspecified atom stereocenters. The summed E-state index contributed by atoms with van der Waals surface area (Å²) in [6.07, 6.45) is -9.07. The maximum absolute atomic E-state index is 11.9. The third-order valence-corrected chi connectivity index (χ3v) is 1.93. The van der Waals surface area contributed by atoms with Gasteiger partial charge in [-0.1, -0.05) is 0 Å². The summed E-state index contributed by atoms with van der Waals surface area (Å²) in [7, 11) is 0. The number of ether oxygens (including phenoxy) is 2. The molecule has 20 heavy (non-hydrogen) atoms. The summed E-state index contributed by atoms with van der Waals surface area (Å²) in [6, 6.07) is 4.55. The van der Waals surface area contributed by atoms with Gasteiger partial charge >= 0.3 is 12.5 Å². The van der Waals surface area contributed by atoms with Crippen LogP contribution in [0.1, 0.15) is 0 Å². The molecule has 0 fully saturated rings. The van der Waals surface area contributed by atoms with Crippen LogP contribution < -0.4 is 14.8 Å². The largest absolute Gasteiger partial charge is 0.573 e. The molecule has 0 saturated carbocycles. The predicted molar refractivity (Wildman–Crippen MR) is 57.5 cm³/mol. The van der Waals surface area contributed by atoms with Crippen molar-refractivity contribution < 1.29 is 35.8 Å². The van der Waals surface area contributed by atoms with Crippen molar-refractivity contribution in [2.24, 2.45) is 0 Å². The Balaban J connectivity index is 2.28. The molecule has 0 aliphatic carbocycles. The average molecular weight is 303 g/mol. The van der Waals surface area contributed by atoms with E-state index in [2.05, 4.69) is 10.1 Å². The maximum atomic E-state index is 11.9. The van der Waals surface area contributed by atoms with Crippen LogP contribution >= 0.6 is 0 Å². The van der Waals surface area contributed by atoms with E-state index >= 15 is 0 Å². The summed E-state index contributed by atoms with van der Waals surface area (Å²) in [5.41, 5.74) is 0. The molecule has 0 aliphatic heterocycles. The van der Waals surface area contributed by atoms with Crippen LogP contribution in [0.3, 0.4) is 0 Å². The minimum atomic E-state index is -4.77. The molecule has 1 rings (SSSR count). The van der Waals surface area contributed by atoms with E-state index in [1.54, 1.807) is 0 Å². The molecule has 1 aromatic rings. The third-order valence-electron chi connectivity index (χ3n) is 1.93. The van der Waals surface area contributed by atoms with Gasteiger partial charge in [-0.3, -0.25) is 0 Å². The van der Waals surface area contributed by atoms with Gasteiger partial charge in [-0.2, -0.15) is 13.2 Å². The van der Waals surface area contributed by atoms with Gasteiger partial charge in [0, 0.05) is 6.54 Å². The average Bonchev–Trinajstić information content (AvgIpc) is 2.27. The Kier molecular flexibility index (Phi) is 5.49. The second-order valence-corrected chi connectivity index (χ2v) is 3.66. The van der Waals surface area contributed by atoms with E-state index < -0.39 is 24.8 Å². The molecule has 0 aliphatic rings. The van der Waals surface area contributed by atoms with Gasteiger partial charge in [0.2, 0.25) is 0 Å². The molecule has 0 bridgehead atoms. The lowest BCUT2D eigenvalue weighted by Gasteiger charge is -2.11. The van der Waals surface area contributed by atoms with Crippen LogP contribution in [0.15, 0.2) is 24.3 Å². The Labute approximate surface area is 110 Å². The Hall–Kier alpha value is -1.64. The number of hydrogen-bond donors (Lipinski definition) is 1. The molecule has 9 heteroatoms. The van der Waals surface area contributed by atoms with Crippen molar-refractivity contribution in [1.82, 2.24) is 5.32 Å². The van der Waals surface area contributed by atoms with E-state index in [1.165, 1.54) is 12.1 Å². The summed E-state index contributed by atoms with van der Waals surface area (Å²) in [4.78, 5) is 0. The zero-order valence-electron chi connectivity index (χ0n) is 10.0. The molecule has 1 N–H and O–H groups in total. The van der Waals surface area contributed by atoms with Gasteiger partial charge in [0.15, 0.2) is 0 Å². The first kappa shape index (κ1) is 16.4. The predicted octanol–water partition coefficient (Wildman–Crippen LogP) is 3.12. The van der Waals surface area contributed by atoms with E-state index in [0.717, 1.165) is 12.1 Å². The first-order valence-electron chi connectivity index (χ1n) is 5.42. The molecule has 0 aromatic heterocycles. The molecular formula is C11H11F6NO2. The van der Waals surface area contributed by atoms with Gasteiger partial charge in [0.1, 0.15) is 18.1 Å². The molecule has 0 radical (unpaired) electrons. The van der Waals surface area contributed by atoms with Crippen molar-refractivity contribution in [3.05, 3.63) is 24.3 Å².